The highest BCUT2D eigenvalue weighted by Crippen LogP contribution is 2.31. The number of hydrogen-bond acceptors (Lipinski definition) is 2. The molecule has 0 amide bonds. The summed E-state index contributed by atoms with van der Waals surface area (Å²) in [7, 11) is 0. The fraction of sp³-hybridized carbons (Fsp3) is 0.300. The van der Waals surface area contributed by atoms with E-state index in [1.807, 2.05) is 0 Å². The van der Waals surface area contributed by atoms with E-state index >= 15 is 0 Å². The van der Waals surface area contributed by atoms with Crippen LogP contribution in [0.3, 0.4) is 0 Å². The molecule has 1 fully saturated rings. The third-order valence-electron chi connectivity index (χ3n) is 2.31. The van der Waals surface area contributed by atoms with Gasteiger partial charge in [0.05, 0.1) is 10.2 Å². The predicted molar refractivity (Wildman–Crippen MR) is 61.8 cm³/mol. The summed E-state index contributed by atoms with van der Waals surface area (Å²) in [5, 5.41) is 10.3. The first kappa shape index (κ1) is 10.4. The first-order valence-corrected chi connectivity index (χ1v) is 5.48. The number of nitrogens with two attached hydrogens (primary N) is 1. The van der Waals surface area contributed by atoms with Crippen molar-refractivity contribution in [3.8, 4) is 0 Å². The van der Waals surface area contributed by atoms with Crippen molar-refractivity contribution in [2.75, 3.05) is 5.32 Å². The minimum absolute atomic E-state index is 0.140. The van der Waals surface area contributed by atoms with E-state index in [-0.39, 0.29) is 16.1 Å². The number of nitrogens with one attached hydrogen (secondary N) is 2. The van der Waals surface area contributed by atoms with Gasteiger partial charge in [0, 0.05) is 11.6 Å². The summed E-state index contributed by atoms with van der Waals surface area (Å²) < 4.78 is 14.0. The van der Waals surface area contributed by atoms with Crippen LogP contribution in [0.5, 0.6) is 0 Å². The highest BCUT2D eigenvalue weighted by Gasteiger charge is 2.23. The zero-order chi connectivity index (χ0) is 11.0. The Labute approximate surface area is 95.5 Å². The van der Waals surface area contributed by atoms with Crippen LogP contribution in [0.25, 0.3) is 0 Å². The second-order valence-corrected chi connectivity index (χ2v) is 4.41. The predicted octanol–water partition coefficient (Wildman–Crippen LogP) is 2.45. The van der Waals surface area contributed by atoms with Crippen molar-refractivity contribution in [3.63, 3.8) is 0 Å². The highest BCUT2D eigenvalue weighted by molar-refractivity contribution is 9.10. The smallest absolute Gasteiger partial charge is 0.161 e. The maximum Gasteiger partial charge on any atom is 0.161 e. The van der Waals surface area contributed by atoms with E-state index in [4.69, 9.17) is 11.1 Å². The van der Waals surface area contributed by atoms with E-state index in [0.29, 0.717) is 17.3 Å². The van der Waals surface area contributed by atoms with Crippen LogP contribution in [-0.4, -0.2) is 11.9 Å². The molecule has 0 aliphatic heterocycles. The van der Waals surface area contributed by atoms with Gasteiger partial charge in [0.15, 0.2) is 5.82 Å². The molecule has 0 spiro atoms. The maximum absolute atomic E-state index is 13.7. The first-order chi connectivity index (χ1) is 7.09. The third-order valence-corrected chi connectivity index (χ3v) is 3.08. The topological polar surface area (TPSA) is 61.9 Å². The lowest BCUT2D eigenvalue weighted by Crippen LogP contribution is -2.13. The van der Waals surface area contributed by atoms with Gasteiger partial charge in [-0.2, -0.15) is 0 Å². The molecule has 0 unspecified atom stereocenters. The molecule has 1 aromatic carbocycles. The number of benzene rings is 1. The highest BCUT2D eigenvalue weighted by atomic mass is 79.9. The number of rotatable bonds is 3. The van der Waals surface area contributed by atoms with Gasteiger partial charge in [0.2, 0.25) is 0 Å². The molecule has 0 atom stereocenters. The Kier molecular flexibility index (Phi) is 2.65. The van der Waals surface area contributed by atoms with Gasteiger partial charge in [0.1, 0.15) is 5.84 Å². The van der Waals surface area contributed by atoms with Crippen molar-refractivity contribution < 1.29 is 4.39 Å². The Hall–Kier alpha value is -1.10. The fourth-order valence-corrected chi connectivity index (χ4v) is 1.88. The summed E-state index contributed by atoms with van der Waals surface area (Å²) in [6, 6.07) is 3.66. The quantitative estimate of drug-likeness (QED) is 0.584. The molecular formula is C10H11BrFN3. The average Bonchev–Trinajstić information content (AvgIpc) is 2.96. The molecule has 0 aromatic heterocycles. The number of hydrogen-bond donors (Lipinski definition) is 3. The Balaban J connectivity index is 2.34. The van der Waals surface area contributed by atoms with Crippen LogP contribution in [0.1, 0.15) is 18.4 Å². The van der Waals surface area contributed by atoms with Gasteiger partial charge < -0.3 is 11.1 Å². The molecule has 1 aromatic rings. The van der Waals surface area contributed by atoms with Crippen molar-refractivity contribution in [1.82, 2.24) is 0 Å². The largest absolute Gasteiger partial charge is 0.384 e. The van der Waals surface area contributed by atoms with E-state index in [1.54, 1.807) is 12.1 Å². The van der Waals surface area contributed by atoms with Crippen molar-refractivity contribution in [2.24, 2.45) is 5.73 Å². The van der Waals surface area contributed by atoms with Crippen molar-refractivity contribution >= 4 is 27.5 Å². The second kappa shape index (κ2) is 3.81. The van der Waals surface area contributed by atoms with Crippen molar-refractivity contribution in [1.29, 1.82) is 5.41 Å². The average molecular weight is 272 g/mol. The van der Waals surface area contributed by atoms with Gasteiger partial charge >= 0.3 is 0 Å². The molecule has 2 rings (SSSR count). The number of amidine groups is 1. The van der Waals surface area contributed by atoms with Gasteiger partial charge in [-0.15, -0.1) is 0 Å². The Morgan fingerprint density at radius 2 is 2.20 bits per heavy atom. The van der Waals surface area contributed by atoms with E-state index < -0.39 is 0 Å². The summed E-state index contributed by atoms with van der Waals surface area (Å²) in [5.41, 5.74) is 6.16. The zero-order valence-corrected chi connectivity index (χ0v) is 9.57. The molecule has 1 saturated carbocycles. The first-order valence-electron chi connectivity index (χ1n) is 4.68. The molecular weight excluding hydrogens is 261 g/mol. The number of halogens is 2. The lowest BCUT2D eigenvalue weighted by atomic mass is 10.2. The van der Waals surface area contributed by atoms with Crippen LogP contribution >= 0.6 is 15.9 Å². The Morgan fingerprint density at radius 1 is 1.53 bits per heavy atom. The molecule has 1 aliphatic carbocycles. The van der Waals surface area contributed by atoms with Gasteiger partial charge in [-0.25, -0.2) is 4.39 Å². The van der Waals surface area contributed by atoms with Gasteiger partial charge in [-0.05, 0) is 40.9 Å². The molecule has 0 bridgehead atoms. The van der Waals surface area contributed by atoms with E-state index in [1.165, 1.54) is 0 Å². The summed E-state index contributed by atoms with van der Waals surface area (Å²) in [6.07, 6.45) is 2.18. The van der Waals surface area contributed by atoms with E-state index in [9.17, 15) is 4.39 Å². The zero-order valence-electron chi connectivity index (χ0n) is 7.98. The lowest BCUT2D eigenvalue weighted by molar-refractivity contribution is 0.623. The van der Waals surface area contributed by atoms with Crippen LogP contribution in [0, 0.1) is 11.2 Å². The van der Waals surface area contributed by atoms with Crippen LogP contribution < -0.4 is 11.1 Å². The summed E-state index contributed by atoms with van der Waals surface area (Å²) in [5.74, 6) is -0.520. The molecule has 0 radical (unpaired) electrons. The second-order valence-electron chi connectivity index (χ2n) is 3.62. The molecule has 4 N–H and O–H groups in total. The normalized spacial score (nSPS) is 15.1. The van der Waals surface area contributed by atoms with Crippen molar-refractivity contribution in [3.05, 3.63) is 28.0 Å². The van der Waals surface area contributed by atoms with Gasteiger partial charge in [-0.3, -0.25) is 5.41 Å². The monoisotopic (exact) mass is 271 g/mol. The Morgan fingerprint density at radius 3 is 2.73 bits per heavy atom. The third kappa shape index (κ3) is 2.12. The summed E-state index contributed by atoms with van der Waals surface area (Å²) >= 11 is 3.11. The maximum atomic E-state index is 13.7. The van der Waals surface area contributed by atoms with Crippen LogP contribution in [0.15, 0.2) is 16.6 Å². The molecule has 0 heterocycles. The van der Waals surface area contributed by atoms with Crippen molar-refractivity contribution in [2.45, 2.75) is 18.9 Å². The van der Waals surface area contributed by atoms with E-state index in [0.717, 1.165) is 12.8 Å². The molecule has 5 heteroatoms. The van der Waals surface area contributed by atoms with Gasteiger partial charge in [0.25, 0.3) is 0 Å². The molecule has 3 nitrogen and oxygen atoms in total. The molecule has 0 saturated heterocycles. The molecule has 80 valence electrons. The lowest BCUT2D eigenvalue weighted by Gasteiger charge is -2.10. The summed E-state index contributed by atoms with van der Waals surface area (Å²) in [4.78, 5) is 0. The van der Waals surface area contributed by atoms with Crippen LogP contribution in [0.2, 0.25) is 0 Å². The minimum Gasteiger partial charge on any atom is -0.384 e. The fourth-order valence-electron chi connectivity index (χ4n) is 1.32. The van der Waals surface area contributed by atoms with E-state index in [2.05, 4.69) is 21.2 Å². The molecule has 1 aliphatic rings. The standard InChI is InChI=1S/C10H11BrFN3/c11-8-6(10(13)14)3-4-7(9(8)12)15-5-1-2-5/h3-5,15H,1-2H2,(H3,13,14). The van der Waals surface area contributed by atoms with Crippen LogP contribution in [0.4, 0.5) is 10.1 Å². The number of nitrogen functional groups attached to an aromatic ring is 1. The minimum atomic E-state index is -0.380. The summed E-state index contributed by atoms with van der Waals surface area (Å²) in [6.45, 7) is 0. The van der Waals surface area contributed by atoms with Gasteiger partial charge in [-0.1, -0.05) is 0 Å². The Bertz CT molecular complexity index is 415. The SMILES string of the molecule is N=C(N)c1ccc(NC2CC2)c(F)c1Br. The molecule has 15 heavy (non-hydrogen) atoms. The number of anilines is 1. The van der Waals surface area contributed by atoms with Crippen LogP contribution in [-0.2, 0) is 0 Å².